The number of aromatic carboxylic acids is 1. The molecule has 1 aromatic rings. The van der Waals surface area contributed by atoms with E-state index >= 15 is 0 Å². The van der Waals surface area contributed by atoms with Crippen LogP contribution < -0.4 is 5.32 Å². The van der Waals surface area contributed by atoms with Crippen molar-refractivity contribution < 1.29 is 14.3 Å². The standard InChI is InChI=1S/C13H19FN2O2/c1-16(2)9-4-3-8-15-11-7-5-6-10(14)12(11)13(17)18/h5-7,15H,3-4,8-9H2,1-2H3,(H,17,18). The Morgan fingerprint density at radius 1 is 1.39 bits per heavy atom. The summed E-state index contributed by atoms with van der Waals surface area (Å²) in [6, 6.07) is 4.24. The molecule has 2 N–H and O–H groups in total. The molecule has 0 atom stereocenters. The van der Waals surface area contributed by atoms with Gasteiger partial charge in [-0.15, -0.1) is 0 Å². The van der Waals surface area contributed by atoms with Crippen LogP contribution >= 0.6 is 0 Å². The second kappa shape index (κ2) is 6.96. The van der Waals surface area contributed by atoms with Crippen molar-refractivity contribution in [2.75, 3.05) is 32.5 Å². The Labute approximate surface area is 106 Å². The average Bonchev–Trinajstić information content (AvgIpc) is 2.27. The lowest BCUT2D eigenvalue weighted by Crippen LogP contribution is -2.15. The first kappa shape index (κ1) is 14.4. The number of carbonyl (C=O) groups is 1. The van der Waals surface area contributed by atoms with Crippen molar-refractivity contribution in [3.63, 3.8) is 0 Å². The molecular formula is C13H19FN2O2. The molecule has 0 saturated carbocycles. The molecule has 0 saturated heterocycles. The number of hydrogen-bond acceptors (Lipinski definition) is 3. The third-order valence-corrected chi connectivity index (χ3v) is 2.58. The van der Waals surface area contributed by atoms with Gasteiger partial charge in [0.25, 0.3) is 0 Å². The van der Waals surface area contributed by atoms with E-state index in [-0.39, 0.29) is 5.56 Å². The first-order valence-electron chi connectivity index (χ1n) is 5.92. The molecule has 0 unspecified atom stereocenters. The Morgan fingerprint density at radius 2 is 2.11 bits per heavy atom. The van der Waals surface area contributed by atoms with Gasteiger partial charge in [0.15, 0.2) is 0 Å². The zero-order chi connectivity index (χ0) is 13.5. The van der Waals surface area contributed by atoms with Gasteiger partial charge in [0.2, 0.25) is 0 Å². The number of carboxylic acids is 1. The van der Waals surface area contributed by atoms with Gasteiger partial charge < -0.3 is 15.3 Å². The number of carboxylic acid groups (broad SMARTS) is 1. The summed E-state index contributed by atoms with van der Waals surface area (Å²) in [7, 11) is 4.01. The molecule has 18 heavy (non-hydrogen) atoms. The van der Waals surface area contributed by atoms with E-state index in [4.69, 9.17) is 5.11 Å². The number of benzene rings is 1. The molecule has 0 aliphatic heterocycles. The summed E-state index contributed by atoms with van der Waals surface area (Å²) in [6.07, 6.45) is 1.92. The summed E-state index contributed by atoms with van der Waals surface area (Å²) in [5.74, 6) is -1.95. The molecule has 1 aromatic carbocycles. The van der Waals surface area contributed by atoms with Gasteiger partial charge in [-0.3, -0.25) is 0 Å². The van der Waals surface area contributed by atoms with Gasteiger partial charge in [0.1, 0.15) is 11.4 Å². The van der Waals surface area contributed by atoms with Crippen LogP contribution in [0.3, 0.4) is 0 Å². The summed E-state index contributed by atoms with van der Waals surface area (Å²) in [5.41, 5.74) is 0.0532. The normalized spacial score (nSPS) is 10.7. The van der Waals surface area contributed by atoms with Gasteiger partial charge in [-0.1, -0.05) is 6.07 Å². The lowest BCUT2D eigenvalue weighted by molar-refractivity contribution is 0.0693. The summed E-state index contributed by atoms with van der Waals surface area (Å²) in [6.45, 7) is 1.62. The van der Waals surface area contributed by atoms with Crippen LogP contribution in [0.2, 0.25) is 0 Å². The molecule has 1 rings (SSSR count). The maximum atomic E-state index is 13.4. The van der Waals surface area contributed by atoms with Gasteiger partial charge in [-0.05, 0) is 45.6 Å². The first-order valence-corrected chi connectivity index (χ1v) is 5.92. The number of unbranched alkanes of at least 4 members (excludes halogenated alkanes) is 1. The van der Waals surface area contributed by atoms with Gasteiger partial charge >= 0.3 is 5.97 Å². The van der Waals surface area contributed by atoms with E-state index in [1.165, 1.54) is 6.07 Å². The smallest absolute Gasteiger partial charge is 0.340 e. The maximum absolute atomic E-state index is 13.4. The number of anilines is 1. The number of rotatable bonds is 7. The Morgan fingerprint density at radius 3 is 2.72 bits per heavy atom. The van der Waals surface area contributed by atoms with Crippen LogP contribution in [0, 0.1) is 5.82 Å². The maximum Gasteiger partial charge on any atom is 0.340 e. The molecule has 0 amide bonds. The van der Waals surface area contributed by atoms with E-state index in [1.807, 2.05) is 14.1 Å². The third kappa shape index (κ3) is 4.33. The van der Waals surface area contributed by atoms with Crippen molar-refractivity contribution in [3.05, 3.63) is 29.6 Å². The summed E-state index contributed by atoms with van der Waals surface area (Å²) >= 11 is 0. The van der Waals surface area contributed by atoms with E-state index in [1.54, 1.807) is 6.07 Å². The van der Waals surface area contributed by atoms with Crippen LogP contribution in [0.5, 0.6) is 0 Å². The lowest BCUT2D eigenvalue weighted by atomic mass is 10.1. The molecule has 0 bridgehead atoms. The van der Waals surface area contributed by atoms with Crippen LogP contribution in [-0.2, 0) is 0 Å². The van der Waals surface area contributed by atoms with Gasteiger partial charge in [-0.2, -0.15) is 0 Å². The van der Waals surface area contributed by atoms with Crippen molar-refractivity contribution in [3.8, 4) is 0 Å². The van der Waals surface area contributed by atoms with Crippen molar-refractivity contribution >= 4 is 11.7 Å². The lowest BCUT2D eigenvalue weighted by Gasteiger charge is -2.11. The fourth-order valence-corrected chi connectivity index (χ4v) is 1.66. The largest absolute Gasteiger partial charge is 0.478 e. The van der Waals surface area contributed by atoms with Crippen LogP contribution in [-0.4, -0.2) is 43.2 Å². The molecule has 0 aliphatic rings. The predicted octanol–water partition coefficient (Wildman–Crippen LogP) is 2.28. The van der Waals surface area contributed by atoms with Crippen LogP contribution in [0.15, 0.2) is 18.2 Å². The Bertz CT molecular complexity index is 408. The molecule has 0 aromatic heterocycles. The van der Waals surface area contributed by atoms with Gasteiger partial charge in [0.05, 0.1) is 5.69 Å². The SMILES string of the molecule is CN(C)CCCCNc1cccc(F)c1C(=O)O. The first-order chi connectivity index (χ1) is 8.52. The van der Waals surface area contributed by atoms with Gasteiger partial charge in [0, 0.05) is 6.54 Å². The number of nitrogens with zero attached hydrogens (tertiary/aromatic N) is 1. The summed E-state index contributed by atoms with van der Waals surface area (Å²) in [4.78, 5) is 13.0. The molecule has 0 heterocycles. The molecule has 100 valence electrons. The zero-order valence-corrected chi connectivity index (χ0v) is 10.7. The van der Waals surface area contributed by atoms with E-state index < -0.39 is 11.8 Å². The van der Waals surface area contributed by atoms with Crippen molar-refractivity contribution in [1.82, 2.24) is 4.90 Å². The van der Waals surface area contributed by atoms with E-state index in [9.17, 15) is 9.18 Å². The topological polar surface area (TPSA) is 52.6 Å². The van der Waals surface area contributed by atoms with E-state index in [2.05, 4.69) is 10.2 Å². The fourth-order valence-electron chi connectivity index (χ4n) is 1.66. The zero-order valence-electron chi connectivity index (χ0n) is 10.7. The Balaban J connectivity index is 2.52. The van der Waals surface area contributed by atoms with Crippen LogP contribution in [0.4, 0.5) is 10.1 Å². The monoisotopic (exact) mass is 254 g/mol. The van der Waals surface area contributed by atoms with Crippen molar-refractivity contribution in [2.24, 2.45) is 0 Å². The number of hydrogen-bond donors (Lipinski definition) is 2. The second-order valence-corrected chi connectivity index (χ2v) is 4.40. The number of nitrogens with one attached hydrogen (secondary N) is 1. The third-order valence-electron chi connectivity index (χ3n) is 2.58. The van der Waals surface area contributed by atoms with Crippen LogP contribution in [0.25, 0.3) is 0 Å². The minimum Gasteiger partial charge on any atom is -0.478 e. The highest BCUT2D eigenvalue weighted by molar-refractivity contribution is 5.94. The minimum absolute atomic E-state index is 0.287. The van der Waals surface area contributed by atoms with Crippen molar-refractivity contribution in [2.45, 2.75) is 12.8 Å². The second-order valence-electron chi connectivity index (χ2n) is 4.40. The summed E-state index contributed by atoms with van der Waals surface area (Å²) in [5, 5.41) is 11.9. The molecule has 0 fully saturated rings. The van der Waals surface area contributed by atoms with E-state index in [0.717, 1.165) is 25.5 Å². The fraction of sp³-hybridized carbons (Fsp3) is 0.462. The van der Waals surface area contributed by atoms with Crippen LogP contribution in [0.1, 0.15) is 23.2 Å². The highest BCUT2D eigenvalue weighted by atomic mass is 19.1. The Kier molecular flexibility index (Phi) is 5.58. The molecule has 5 heteroatoms. The highest BCUT2D eigenvalue weighted by Gasteiger charge is 2.14. The highest BCUT2D eigenvalue weighted by Crippen LogP contribution is 2.18. The van der Waals surface area contributed by atoms with Gasteiger partial charge in [-0.25, -0.2) is 9.18 Å². The molecule has 0 spiro atoms. The minimum atomic E-state index is -1.25. The molecule has 0 aliphatic carbocycles. The molecular weight excluding hydrogens is 235 g/mol. The number of halogens is 1. The van der Waals surface area contributed by atoms with Crippen molar-refractivity contribution in [1.29, 1.82) is 0 Å². The summed E-state index contributed by atoms with van der Waals surface area (Å²) < 4.78 is 13.4. The predicted molar refractivity (Wildman–Crippen MR) is 69.6 cm³/mol. The molecule has 4 nitrogen and oxygen atoms in total. The average molecular weight is 254 g/mol. The molecule has 0 radical (unpaired) electrons. The van der Waals surface area contributed by atoms with E-state index in [0.29, 0.717) is 12.2 Å². The quantitative estimate of drug-likeness (QED) is 0.733. The Hall–Kier alpha value is -1.62.